The zero-order valence-corrected chi connectivity index (χ0v) is 16.5. The van der Waals surface area contributed by atoms with Crippen LogP contribution in [-0.4, -0.2) is 42.8 Å². The number of ether oxygens (including phenoxy) is 1. The normalized spacial score (nSPS) is 21.0. The van der Waals surface area contributed by atoms with Crippen LogP contribution >= 0.6 is 0 Å². The molecule has 1 saturated carbocycles. The molecule has 1 aliphatic carbocycles. The quantitative estimate of drug-likeness (QED) is 0.711. The molecule has 5 rings (SSSR count). The van der Waals surface area contributed by atoms with Gasteiger partial charge in [0.2, 0.25) is 5.95 Å². The van der Waals surface area contributed by atoms with E-state index in [2.05, 4.69) is 47.2 Å². The first kappa shape index (κ1) is 17.7. The Morgan fingerprint density at radius 2 is 2.04 bits per heavy atom. The second-order valence-corrected chi connectivity index (χ2v) is 8.53. The zero-order chi connectivity index (χ0) is 19.1. The second-order valence-electron chi connectivity index (χ2n) is 8.53. The van der Waals surface area contributed by atoms with E-state index < -0.39 is 0 Å². The van der Waals surface area contributed by atoms with Gasteiger partial charge in [0.25, 0.3) is 0 Å². The Balaban J connectivity index is 1.30. The summed E-state index contributed by atoms with van der Waals surface area (Å²) < 4.78 is 5.40. The summed E-state index contributed by atoms with van der Waals surface area (Å²) >= 11 is 0. The second kappa shape index (κ2) is 6.90. The summed E-state index contributed by atoms with van der Waals surface area (Å²) in [5.74, 6) is 2.97. The van der Waals surface area contributed by atoms with Crippen molar-refractivity contribution in [2.24, 2.45) is 5.41 Å². The molecule has 1 atom stereocenters. The van der Waals surface area contributed by atoms with E-state index in [0.717, 1.165) is 43.5 Å². The van der Waals surface area contributed by atoms with Gasteiger partial charge in [-0.3, -0.25) is 5.01 Å². The SMILES string of the molecule is CC(CNc1nc(NC2CC3(COC3)C2)c2c(n1)N(C)NC2)c1ccccc1. The molecular formula is C21H28N6O. The minimum atomic E-state index is 0.385. The Labute approximate surface area is 165 Å². The highest BCUT2D eigenvalue weighted by molar-refractivity contribution is 5.64. The van der Waals surface area contributed by atoms with Crippen LogP contribution in [0.25, 0.3) is 0 Å². The van der Waals surface area contributed by atoms with E-state index in [1.54, 1.807) is 0 Å². The lowest BCUT2D eigenvalue weighted by atomic mass is 9.64. The van der Waals surface area contributed by atoms with Gasteiger partial charge in [-0.25, -0.2) is 5.43 Å². The van der Waals surface area contributed by atoms with Gasteiger partial charge in [-0.1, -0.05) is 37.3 Å². The highest BCUT2D eigenvalue weighted by atomic mass is 16.5. The molecule has 1 aromatic heterocycles. The molecule has 28 heavy (non-hydrogen) atoms. The molecule has 1 spiro atoms. The van der Waals surface area contributed by atoms with E-state index >= 15 is 0 Å². The van der Waals surface area contributed by atoms with Crippen molar-refractivity contribution >= 4 is 17.6 Å². The third kappa shape index (κ3) is 3.18. The van der Waals surface area contributed by atoms with Gasteiger partial charge >= 0.3 is 0 Å². The molecule has 3 N–H and O–H groups in total. The van der Waals surface area contributed by atoms with E-state index in [1.165, 1.54) is 18.4 Å². The van der Waals surface area contributed by atoms with E-state index in [1.807, 2.05) is 18.1 Å². The summed E-state index contributed by atoms with van der Waals surface area (Å²) in [7, 11) is 2.00. The van der Waals surface area contributed by atoms with Crippen LogP contribution in [0.1, 0.15) is 36.8 Å². The first-order valence-corrected chi connectivity index (χ1v) is 10.1. The van der Waals surface area contributed by atoms with Crippen molar-refractivity contribution in [2.45, 2.75) is 38.3 Å². The van der Waals surface area contributed by atoms with Crippen molar-refractivity contribution in [1.82, 2.24) is 15.4 Å². The first-order valence-electron chi connectivity index (χ1n) is 10.1. The first-order chi connectivity index (χ1) is 13.6. The molecule has 2 aliphatic heterocycles. The molecule has 3 heterocycles. The zero-order valence-electron chi connectivity index (χ0n) is 16.5. The van der Waals surface area contributed by atoms with Crippen molar-refractivity contribution in [1.29, 1.82) is 0 Å². The predicted octanol–water partition coefficient (Wildman–Crippen LogP) is 2.74. The summed E-state index contributed by atoms with van der Waals surface area (Å²) in [6.45, 7) is 5.61. The lowest BCUT2D eigenvalue weighted by molar-refractivity contribution is -0.159. The maximum absolute atomic E-state index is 5.40. The van der Waals surface area contributed by atoms with Crippen LogP contribution in [0.5, 0.6) is 0 Å². The molecule has 3 aliphatic rings. The van der Waals surface area contributed by atoms with Gasteiger partial charge < -0.3 is 15.4 Å². The van der Waals surface area contributed by atoms with Gasteiger partial charge in [0.05, 0.1) is 18.8 Å². The van der Waals surface area contributed by atoms with Gasteiger partial charge in [-0.05, 0) is 24.3 Å². The molecule has 1 saturated heterocycles. The fourth-order valence-corrected chi connectivity index (χ4v) is 4.43. The van der Waals surface area contributed by atoms with Gasteiger partial charge in [0, 0.05) is 31.6 Å². The Kier molecular flexibility index (Phi) is 4.36. The summed E-state index contributed by atoms with van der Waals surface area (Å²) in [5, 5.41) is 9.10. The number of hydrogen-bond acceptors (Lipinski definition) is 7. The molecule has 0 amide bonds. The molecular weight excluding hydrogens is 352 g/mol. The summed E-state index contributed by atoms with van der Waals surface area (Å²) in [6.07, 6.45) is 2.34. The molecule has 7 nitrogen and oxygen atoms in total. The van der Waals surface area contributed by atoms with Crippen LogP contribution in [-0.2, 0) is 11.3 Å². The van der Waals surface area contributed by atoms with E-state index in [-0.39, 0.29) is 0 Å². The lowest BCUT2D eigenvalue weighted by Gasteiger charge is -2.53. The minimum Gasteiger partial charge on any atom is -0.380 e. The molecule has 148 valence electrons. The number of fused-ring (bicyclic) bond motifs is 1. The standard InChI is InChI=1S/C21H28N6O/c1-14(15-6-4-3-5-7-15)10-22-20-25-18(17-11-23-27(2)19(17)26-20)24-16-8-21(9-16)12-28-13-21/h3-7,14,16,23H,8-13H2,1-2H3,(H2,22,24,25,26). The van der Waals surface area contributed by atoms with Crippen molar-refractivity contribution in [3.63, 3.8) is 0 Å². The molecule has 1 unspecified atom stereocenters. The van der Waals surface area contributed by atoms with Gasteiger partial charge in [0.1, 0.15) is 5.82 Å². The minimum absolute atomic E-state index is 0.385. The smallest absolute Gasteiger partial charge is 0.226 e. The fraction of sp³-hybridized carbons (Fsp3) is 0.524. The van der Waals surface area contributed by atoms with E-state index in [0.29, 0.717) is 23.3 Å². The largest absolute Gasteiger partial charge is 0.380 e. The monoisotopic (exact) mass is 380 g/mol. The van der Waals surface area contributed by atoms with Crippen molar-refractivity contribution in [3.05, 3.63) is 41.5 Å². The number of benzene rings is 1. The Morgan fingerprint density at radius 3 is 2.75 bits per heavy atom. The molecule has 0 radical (unpaired) electrons. The number of rotatable bonds is 6. The average Bonchev–Trinajstić information content (AvgIpc) is 3.02. The number of nitrogens with zero attached hydrogens (tertiary/aromatic N) is 3. The van der Waals surface area contributed by atoms with Crippen LogP contribution < -0.4 is 21.1 Å². The molecule has 2 aromatic rings. The highest BCUT2D eigenvalue weighted by Crippen LogP contribution is 2.48. The molecule has 2 fully saturated rings. The number of aromatic nitrogens is 2. The van der Waals surface area contributed by atoms with Crippen LogP contribution in [0.15, 0.2) is 30.3 Å². The maximum atomic E-state index is 5.40. The topological polar surface area (TPSA) is 74.3 Å². The lowest BCUT2D eigenvalue weighted by Crippen LogP contribution is -2.56. The highest BCUT2D eigenvalue weighted by Gasteiger charge is 2.50. The number of anilines is 3. The summed E-state index contributed by atoms with van der Waals surface area (Å²) in [6, 6.07) is 11.0. The van der Waals surface area contributed by atoms with Gasteiger partial charge in [-0.2, -0.15) is 9.97 Å². The number of hydrazine groups is 1. The van der Waals surface area contributed by atoms with Gasteiger partial charge in [0.15, 0.2) is 5.82 Å². The van der Waals surface area contributed by atoms with Crippen LogP contribution in [0.3, 0.4) is 0 Å². The van der Waals surface area contributed by atoms with Crippen LogP contribution in [0.2, 0.25) is 0 Å². The van der Waals surface area contributed by atoms with Gasteiger partial charge in [-0.15, -0.1) is 0 Å². The molecule has 7 heteroatoms. The third-order valence-corrected chi connectivity index (χ3v) is 6.25. The predicted molar refractivity (Wildman–Crippen MR) is 111 cm³/mol. The van der Waals surface area contributed by atoms with E-state index in [4.69, 9.17) is 14.7 Å². The Hall–Kier alpha value is -2.38. The van der Waals surface area contributed by atoms with Crippen molar-refractivity contribution < 1.29 is 4.74 Å². The molecule has 1 aromatic carbocycles. The van der Waals surface area contributed by atoms with Crippen LogP contribution in [0.4, 0.5) is 17.6 Å². The Morgan fingerprint density at radius 1 is 1.25 bits per heavy atom. The summed E-state index contributed by atoms with van der Waals surface area (Å²) in [4.78, 5) is 9.58. The average molecular weight is 380 g/mol. The van der Waals surface area contributed by atoms with Crippen molar-refractivity contribution in [3.8, 4) is 0 Å². The third-order valence-electron chi connectivity index (χ3n) is 6.25. The fourth-order valence-electron chi connectivity index (χ4n) is 4.43. The Bertz CT molecular complexity index is 845. The molecule has 0 bridgehead atoms. The van der Waals surface area contributed by atoms with Crippen molar-refractivity contribution in [2.75, 3.05) is 42.4 Å². The maximum Gasteiger partial charge on any atom is 0.226 e. The van der Waals surface area contributed by atoms with Crippen LogP contribution in [0, 0.1) is 5.41 Å². The number of nitrogens with one attached hydrogen (secondary N) is 3. The number of hydrogen-bond donors (Lipinski definition) is 3. The summed E-state index contributed by atoms with van der Waals surface area (Å²) in [5.41, 5.74) is 6.24. The van der Waals surface area contributed by atoms with E-state index in [9.17, 15) is 0 Å².